The zero-order valence-electron chi connectivity index (χ0n) is 9.11. The number of nitrogens with two attached hydrogens (primary N) is 1. The third kappa shape index (κ3) is 2.32. The summed E-state index contributed by atoms with van der Waals surface area (Å²) >= 11 is 0. The standard InChI is InChI=1S/C11H20N2O2/c12-11(4-5-11)10(15)13-6-1-2-9(8-13)3-7-14/h9,14H,1-8,12H2. The van der Waals surface area contributed by atoms with Crippen molar-refractivity contribution in [1.82, 2.24) is 4.90 Å². The summed E-state index contributed by atoms with van der Waals surface area (Å²) in [4.78, 5) is 13.9. The van der Waals surface area contributed by atoms with Crippen LogP contribution in [0.15, 0.2) is 0 Å². The van der Waals surface area contributed by atoms with E-state index in [1.165, 1.54) is 0 Å². The van der Waals surface area contributed by atoms with Gasteiger partial charge in [-0.15, -0.1) is 0 Å². The van der Waals surface area contributed by atoms with Crippen molar-refractivity contribution in [3.8, 4) is 0 Å². The van der Waals surface area contributed by atoms with Crippen molar-refractivity contribution in [2.24, 2.45) is 11.7 Å². The highest BCUT2D eigenvalue weighted by Crippen LogP contribution is 2.35. The minimum absolute atomic E-state index is 0.130. The van der Waals surface area contributed by atoms with Crippen LogP contribution in [0.4, 0.5) is 0 Å². The molecule has 0 spiro atoms. The van der Waals surface area contributed by atoms with E-state index in [4.69, 9.17) is 10.8 Å². The second-order valence-electron chi connectivity index (χ2n) is 4.93. The molecule has 2 rings (SSSR count). The van der Waals surface area contributed by atoms with Crippen LogP contribution >= 0.6 is 0 Å². The predicted octanol–water partition coefficient (Wildman–Crippen LogP) is 0.0987. The number of likely N-dealkylation sites (tertiary alicyclic amines) is 1. The summed E-state index contributed by atoms with van der Waals surface area (Å²) in [5.41, 5.74) is 5.37. The molecule has 4 nitrogen and oxygen atoms in total. The molecule has 86 valence electrons. The van der Waals surface area contributed by atoms with E-state index in [1.807, 2.05) is 4.90 Å². The van der Waals surface area contributed by atoms with Crippen molar-refractivity contribution in [1.29, 1.82) is 0 Å². The topological polar surface area (TPSA) is 66.6 Å². The molecule has 0 radical (unpaired) electrons. The van der Waals surface area contributed by atoms with Crippen molar-refractivity contribution < 1.29 is 9.90 Å². The molecule has 1 saturated carbocycles. The normalized spacial score (nSPS) is 28.9. The lowest BCUT2D eigenvalue weighted by molar-refractivity contribution is -0.135. The molecule has 1 unspecified atom stereocenters. The average Bonchev–Trinajstić information content (AvgIpc) is 2.98. The number of carbonyl (C=O) groups is 1. The number of rotatable bonds is 3. The molecular formula is C11H20N2O2. The zero-order valence-corrected chi connectivity index (χ0v) is 9.11. The molecule has 1 aliphatic carbocycles. The molecule has 0 aromatic rings. The summed E-state index contributed by atoms with van der Waals surface area (Å²) in [7, 11) is 0. The van der Waals surface area contributed by atoms with Gasteiger partial charge in [0.25, 0.3) is 0 Å². The molecule has 1 aliphatic heterocycles. The van der Waals surface area contributed by atoms with Crippen molar-refractivity contribution >= 4 is 5.91 Å². The number of aliphatic hydroxyl groups is 1. The summed E-state index contributed by atoms with van der Waals surface area (Å²) < 4.78 is 0. The van der Waals surface area contributed by atoms with Gasteiger partial charge in [0.1, 0.15) is 0 Å². The molecule has 0 aromatic carbocycles. The van der Waals surface area contributed by atoms with Crippen LogP contribution in [0.25, 0.3) is 0 Å². The van der Waals surface area contributed by atoms with E-state index in [-0.39, 0.29) is 12.5 Å². The maximum absolute atomic E-state index is 12.0. The number of amides is 1. The summed E-state index contributed by atoms with van der Waals surface area (Å²) in [6, 6.07) is 0. The fourth-order valence-electron chi connectivity index (χ4n) is 2.33. The molecule has 0 bridgehead atoms. The van der Waals surface area contributed by atoms with Gasteiger partial charge in [0.2, 0.25) is 5.91 Å². The molecule has 2 fully saturated rings. The molecule has 15 heavy (non-hydrogen) atoms. The number of piperidine rings is 1. The Balaban J connectivity index is 1.89. The fourth-order valence-corrected chi connectivity index (χ4v) is 2.33. The third-order valence-electron chi connectivity index (χ3n) is 3.56. The maximum Gasteiger partial charge on any atom is 0.242 e. The third-order valence-corrected chi connectivity index (χ3v) is 3.56. The van der Waals surface area contributed by atoms with Crippen LogP contribution in [0.2, 0.25) is 0 Å². The minimum atomic E-state index is -0.527. The van der Waals surface area contributed by atoms with Crippen molar-refractivity contribution in [2.45, 2.75) is 37.6 Å². The van der Waals surface area contributed by atoms with E-state index in [2.05, 4.69) is 0 Å². The second kappa shape index (κ2) is 4.10. The Morgan fingerprint density at radius 1 is 1.53 bits per heavy atom. The smallest absolute Gasteiger partial charge is 0.242 e. The van der Waals surface area contributed by atoms with Gasteiger partial charge in [-0.2, -0.15) is 0 Å². The van der Waals surface area contributed by atoms with E-state index >= 15 is 0 Å². The first-order chi connectivity index (χ1) is 7.15. The van der Waals surface area contributed by atoms with Gasteiger partial charge in [0, 0.05) is 19.7 Å². The Kier molecular flexibility index (Phi) is 2.98. The van der Waals surface area contributed by atoms with E-state index in [0.29, 0.717) is 5.92 Å². The number of aliphatic hydroxyl groups excluding tert-OH is 1. The van der Waals surface area contributed by atoms with Crippen LogP contribution in [0.5, 0.6) is 0 Å². The van der Waals surface area contributed by atoms with Crippen molar-refractivity contribution in [2.75, 3.05) is 19.7 Å². The quantitative estimate of drug-likeness (QED) is 0.697. The Morgan fingerprint density at radius 3 is 2.87 bits per heavy atom. The first-order valence-corrected chi connectivity index (χ1v) is 5.85. The van der Waals surface area contributed by atoms with Crippen LogP contribution < -0.4 is 5.73 Å². The summed E-state index contributed by atoms with van der Waals surface area (Å²) in [5.74, 6) is 0.597. The lowest BCUT2D eigenvalue weighted by atomic mass is 9.94. The number of hydrogen-bond acceptors (Lipinski definition) is 3. The Hall–Kier alpha value is -0.610. The number of carbonyl (C=O) groups excluding carboxylic acids is 1. The number of nitrogens with zero attached hydrogens (tertiary/aromatic N) is 1. The second-order valence-corrected chi connectivity index (χ2v) is 4.93. The molecule has 3 N–H and O–H groups in total. The van der Waals surface area contributed by atoms with Crippen molar-refractivity contribution in [3.05, 3.63) is 0 Å². The van der Waals surface area contributed by atoms with Gasteiger partial charge in [-0.3, -0.25) is 4.79 Å². The molecule has 0 aromatic heterocycles. The lowest BCUT2D eigenvalue weighted by Gasteiger charge is -2.34. The summed E-state index contributed by atoms with van der Waals surface area (Å²) in [6.07, 6.45) is 4.66. The van der Waals surface area contributed by atoms with Gasteiger partial charge < -0.3 is 15.7 Å². The van der Waals surface area contributed by atoms with E-state index < -0.39 is 5.54 Å². The molecular weight excluding hydrogens is 192 g/mol. The van der Waals surface area contributed by atoms with Gasteiger partial charge in [0.05, 0.1) is 5.54 Å². The summed E-state index contributed by atoms with van der Waals surface area (Å²) in [5, 5.41) is 8.89. The largest absolute Gasteiger partial charge is 0.396 e. The average molecular weight is 212 g/mol. The number of hydrogen-bond donors (Lipinski definition) is 2. The molecule has 1 saturated heterocycles. The zero-order chi connectivity index (χ0) is 10.9. The first-order valence-electron chi connectivity index (χ1n) is 5.85. The Bertz CT molecular complexity index is 249. The monoisotopic (exact) mass is 212 g/mol. The predicted molar refractivity (Wildman–Crippen MR) is 57.2 cm³/mol. The highest BCUT2D eigenvalue weighted by Gasteiger charge is 2.48. The fraction of sp³-hybridized carbons (Fsp3) is 0.909. The Labute approximate surface area is 90.4 Å². The van der Waals surface area contributed by atoms with Gasteiger partial charge >= 0.3 is 0 Å². The Morgan fingerprint density at radius 2 is 2.27 bits per heavy atom. The molecule has 1 amide bonds. The van der Waals surface area contributed by atoms with Gasteiger partial charge in [-0.1, -0.05) is 0 Å². The summed E-state index contributed by atoms with van der Waals surface area (Å²) in [6.45, 7) is 1.86. The maximum atomic E-state index is 12.0. The van der Waals surface area contributed by atoms with Crippen LogP contribution in [0.1, 0.15) is 32.1 Å². The van der Waals surface area contributed by atoms with Crippen molar-refractivity contribution in [3.63, 3.8) is 0 Å². The van der Waals surface area contributed by atoms with Crippen LogP contribution in [-0.4, -0.2) is 41.1 Å². The molecule has 1 atom stereocenters. The van der Waals surface area contributed by atoms with Gasteiger partial charge in [-0.05, 0) is 38.0 Å². The SMILES string of the molecule is NC1(C(=O)N2CCCC(CCO)C2)CC1. The van der Waals surface area contributed by atoms with E-state index in [0.717, 1.165) is 45.2 Å². The van der Waals surface area contributed by atoms with E-state index in [1.54, 1.807) is 0 Å². The molecule has 1 heterocycles. The van der Waals surface area contributed by atoms with Crippen LogP contribution in [0.3, 0.4) is 0 Å². The van der Waals surface area contributed by atoms with E-state index in [9.17, 15) is 4.79 Å². The highest BCUT2D eigenvalue weighted by molar-refractivity contribution is 5.89. The van der Waals surface area contributed by atoms with Gasteiger partial charge in [0.15, 0.2) is 0 Å². The minimum Gasteiger partial charge on any atom is -0.396 e. The van der Waals surface area contributed by atoms with Gasteiger partial charge in [-0.25, -0.2) is 0 Å². The lowest BCUT2D eigenvalue weighted by Crippen LogP contribution is -2.49. The molecule has 2 aliphatic rings. The first kappa shape index (κ1) is 10.9. The molecule has 4 heteroatoms. The highest BCUT2D eigenvalue weighted by atomic mass is 16.3. The van der Waals surface area contributed by atoms with Crippen LogP contribution in [-0.2, 0) is 4.79 Å². The van der Waals surface area contributed by atoms with Crippen LogP contribution in [0, 0.1) is 5.92 Å².